The molecule has 0 heterocycles. The third-order valence-electron chi connectivity index (χ3n) is 2.42. The zero-order chi connectivity index (χ0) is 12.2. The van der Waals surface area contributed by atoms with Crippen LogP contribution in [0.5, 0.6) is 0 Å². The predicted octanol–water partition coefficient (Wildman–Crippen LogP) is -0.503. The van der Waals surface area contributed by atoms with Crippen LogP contribution < -0.4 is 5.32 Å². The van der Waals surface area contributed by atoms with Crippen LogP contribution in [0.1, 0.15) is 25.7 Å². The molecular formula is C11H25NO4. The lowest BCUT2D eigenvalue weighted by atomic mass is 10.1. The molecule has 0 aromatic rings. The third kappa shape index (κ3) is 10.3. The van der Waals surface area contributed by atoms with Crippen LogP contribution in [0.15, 0.2) is 0 Å². The summed E-state index contributed by atoms with van der Waals surface area (Å²) in [5.74, 6) is 0. The Hall–Kier alpha value is -0.200. The lowest BCUT2D eigenvalue weighted by Crippen LogP contribution is -2.22. The molecule has 0 aliphatic carbocycles. The van der Waals surface area contributed by atoms with E-state index in [1.165, 1.54) is 0 Å². The van der Waals surface area contributed by atoms with Crippen LogP contribution in [0.4, 0.5) is 0 Å². The molecule has 5 nitrogen and oxygen atoms in total. The van der Waals surface area contributed by atoms with Gasteiger partial charge in [-0.15, -0.1) is 0 Å². The van der Waals surface area contributed by atoms with E-state index in [4.69, 9.17) is 14.9 Å². The van der Waals surface area contributed by atoms with E-state index < -0.39 is 6.10 Å². The Morgan fingerprint density at radius 2 is 1.75 bits per heavy atom. The highest BCUT2D eigenvalue weighted by molar-refractivity contribution is 4.61. The smallest absolute Gasteiger partial charge is 0.0771 e. The maximum absolute atomic E-state index is 9.55. The molecule has 0 aliphatic rings. The summed E-state index contributed by atoms with van der Waals surface area (Å²) in [4.78, 5) is 0. The minimum atomic E-state index is -0.700. The van der Waals surface area contributed by atoms with E-state index in [9.17, 15) is 5.11 Å². The Bertz CT molecular complexity index is 146. The van der Waals surface area contributed by atoms with Crippen molar-refractivity contribution in [3.05, 3.63) is 0 Å². The third-order valence-corrected chi connectivity index (χ3v) is 2.42. The van der Waals surface area contributed by atoms with Gasteiger partial charge in [-0.2, -0.15) is 0 Å². The molecule has 0 saturated carbocycles. The molecular weight excluding hydrogens is 210 g/mol. The lowest BCUT2D eigenvalue weighted by Gasteiger charge is -2.12. The number of rotatable bonds is 11. The zero-order valence-corrected chi connectivity index (χ0v) is 10.1. The van der Waals surface area contributed by atoms with Crippen molar-refractivity contribution in [3.8, 4) is 0 Å². The Morgan fingerprint density at radius 1 is 1.06 bits per heavy atom. The van der Waals surface area contributed by atoms with Gasteiger partial charge in [0.15, 0.2) is 0 Å². The average Bonchev–Trinajstić information content (AvgIpc) is 2.30. The second-order valence-corrected chi connectivity index (χ2v) is 3.95. The fourth-order valence-corrected chi connectivity index (χ4v) is 1.38. The van der Waals surface area contributed by atoms with Crippen LogP contribution in [0.3, 0.4) is 0 Å². The number of nitrogens with one attached hydrogen (secondary N) is 1. The summed E-state index contributed by atoms with van der Waals surface area (Å²) in [7, 11) is 1.66. The van der Waals surface area contributed by atoms with Crippen molar-refractivity contribution < 1.29 is 20.1 Å². The van der Waals surface area contributed by atoms with Gasteiger partial charge in [0.05, 0.1) is 25.4 Å². The molecule has 0 rings (SSSR count). The molecule has 0 amide bonds. The topological polar surface area (TPSA) is 82.0 Å². The van der Waals surface area contributed by atoms with E-state index in [0.29, 0.717) is 19.4 Å². The van der Waals surface area contributed by atoms with Crippen LogP contribution in [0, 0.1) is 0 Å². The summed E-state index contributed by atoms with van der Waals surface area (Å²) in [5, 5.41) is 30.4. The molecule has 0 radical (unpaired) electrons. The SMILES string of the molecule is COCCNCCC[C@@H](O)CC[C@H](O)CO. The van der Waals surface area contributed by atoms with Crippen molar-refractivity contribution in [2.45, 2.75) is 37.9 Å². The molecule has 4 N–H and O–H groups in total. The van der Waals surface area contributed by atoms with E-state index in [1.54, 1.807) is 7.11 Å². The van der Waals surface area contributed by atoms with E-state index in [0.717, 1.165) is 25.9 Å². The monoisotopic (exact) mass is 235 g/mol. The minimum Gasteiger partial charge on any atom is -0.394 e. The van der Waals surface area contributed by atoms with Gasteiger partial charge in [-0.05, 0) is 32.2 Å². The fraction of sp³-hybridized carbons (Fsp3) is 1.00. The Labute approximate surface area is 97.4 Å². The maximum atomic E-state index is 9.55. The van der Waals surface area contributed by atoms with Gasteiger partial charge in [-0.1, -0.05) is 0 Å². The number of hydrogen-bond donors (Lipinski definition) is 4. The molecule has 0 fully saturated rings. The highest BCUT2D eigenvalue weighted by Gasteiger charge is 2.07. The molecule has 5 heteroatoms. The number of aliphatic hydroxyl groups is 3. The van der Waals surface area contributed by atoms with Gasteiger partial charge in [0.25, 0.3) is 0 Å². The molecule has 16 heavy (non-hydrogen) atoms. The maximum Gasteiger partial charge on any atom is 0.0771 e. The summed E-state index contributed by atoms with van der Waals surface area (Å²) >= 11 is 0. The van der Waals surface area contributed by atoms with Crippen LogP contribution in [0.25, 0.3) is 0 Å². The molecule has 0 spiro atoms. The largest absolute Gasteiger partial charge is 0.394 e. The van der Waals surface area contributed by atoms with Crippen molar-refractivity contribution in [2.24, 2.45) is 0 Å². The number of aliphatic hydroxyl groups excluding tert-OH is 3. The first-order valence-corrected chi connectivity index (χ1v) is 5.87. The minimum absolute atomic E-state index is 0.231. The van der Waals surface area contributed by atoms with Gasteiger partial charge < -0.3 is 25.4 Å². The Morgan fingerprint density at radius 3 is 2.38 bits per heavy atom. The van der Waals surface area contributed by atoms with Gasteiger partial charge in [0.1, 0.15) is 0 Å². The van der Waals surface area contributed by atoms with Gasteiger partial charge in [0.2, 0.25) is 0 Å². The predicted molar refractivity (Wildman–Crippen MR) is 62.3 cm³/mol. The molecule has 0 bridgehead atoms. The van der Waals surface area contributed by atoms with Gasteiger partial charge >= 0.3 is 0 Å². The normalized spacial score (nSPS) is 15.0. The van der Waals surface area contributed by atoms with Crippen LogP contribution in [0.2, 0.25) is 0 Å². The van der Waals surface area contributed by atoms with Crippen molar-refractivity contribution in [3.63, 3.8) is 0 Å². The van der Waals surface area contributed by atoms with Gasteiger partial charge in [-0.3, -0.25) is 0 Å². The second-order valence-electron chi connectivity index (χ2n) is 3.95. The van der Waals surface area contributed by atoms with Crippen LogP contribution in [-0.4, -0.2) is 60.9 Å². The fourth-order valence-electron chi connectivity index (χ4n) is 1.38. The standard InChI is InChI=1S/C11H25NO4/c1-16-8-7-12-6-2-3-10(14)4-5-11(15)9-13/h10-15H,2-9H2,1H3/t10-,11+/m1/s1. The van der Waals surface area contributed by atoms with Gasteiger partial charge in [0, 0.05) is 13.7 Å². The lowest BCUT2D eigenvalue weighted by molar-refractivity contribution is 0.0661. The second kappa shape index (κ2) is 11.3. The molecule has 98 valence electrons. The molecule has 0 saturated heterocycles. The first-order valence-electron chi connectivity index (χ1n) is 5.87. The van der Waals surface area contributed by atoms with Crippen LogP contribution >= 0.6 is 0 Å². The summed E-state index contributed by atoms with van der Waals surface area (Å²) in [5.41, 5.74) is 0. The summed E-state index contributed by atoms with van der Waals surface area (Å²) in [6, 6.07) is 0. The first-order chi connectivity index (χ1) is 7.70. The first kappa shape index (κ1) is 15.8. The van der Waals surface area contributed by atoms with Crippen molar-refractivity contribution >= 4 is 0 Å². The van der Waals surface area contributed by atoms with E-state index in [2.05, 4.69) is 5.32 Å². The number of hydrogen-bond acceptors (Lipinski definition) is 5. The summed E-state index contributed by atoms with van der Waals surface area (Å²) in [6.07, 6.45) is 1.53. The Balaban J connectivity index is 3.20. The van der Waals surface area contributed by atoms with E-state index in [1.807, 2.05) is 0 Å². The molecule has 2 atom stereocenters. The van der Waals surface area contributed by atoms with Crippen molar-refractivity contribution in [2.75, 3.05) is 33.4 Å². The Kier molecular flexibility index (Phi) is 11.1. The van der Waals surface area contributed by atoms with Crippen molar-refractivity contribution in [1.29, 1.82) is 0 Å². The summed E-state index contributed by atoms with van der Waals surface area (Å²) in [6.45, 7) is 2.16. The number of methoxy groups -OCH3 is 1. The number of ether oxygens (including phenoxy) is 1. The summed E-state index contributed by atoms with van der Waals surface area (Å²) < 4.78 is 4.88. The van der Waals surface area contributed by atoms with E-state index >= 15 is 0 Å². The molecule has 0 aliphatic heterocycles. The molecule has 0 unspecified atom stereocenters. The zero-order valence-electron chi connectivity index (χ0n) is 10.1. The highest BCUT2D eigenvalue weighted by Crippen LogP contribution is 2.06. The van der Waals surface area contributed by atoms with Crippen molar-refractivity contribution in [1.82, 2.24) is 5.32 Å². The quantitative estimate of drug-likeness (QED) is 0.363. The highest BCUT2D eigenvalue weighted by atomic mass is 16.5. The van der Waals surface area contributed by atoms with Gasteiger partial charge in [-0.25, -0.2) is 0 Å². The van der Waals surface area contributed by atoms with E-state index in [-0.39, 0.29) is 12.7 Å². The van der Waals surface area contributed by atoms with Crippen LogP contribution in [-0.2, 0) is 4.74 Å². The average molecular weight is 235 g/mol. The molecule has 0 aromatic carbocycles. The molecule has 0 aromatic heterocycles.